The van der Waals surface area contributed by atoms with Gasteiger partial charge < -0.3 is 4.74 Å². The summed E-state index contributed by atoms with van der Waals surface area (Å²) in [5.41, 5.74) is 2.68. The van der Waals surface area contributed by atoms with Crippen molar-refractivity contribution < 1.29 is 4.74 Å². The molecule has 0 aromatic heterocycles. The Morgan fingerprint density at radius 1 is 0.789 bits per heavy atom. The fraction of sp³-hybridized carbons (Fsp3) is 0.222. The van der Waals surface area contributed by atoms with Gasteiger partial charge in [0.1, 0.15) is 5.75 Å². The molecule has 0 spiro atoms. The van der Waals surface area contributed by atoms with E-state index in [-0.39, 0.29) is 0 Å². The largest absolute Gasteiger partial charge is 0.494 e. The van der Waals surface area contributed by atoms with Crippen molar-refractivity contribution in [2.24, 2.45) is 0 Å². The maximum atomic E-state index is 5.62. The molecule has 19 heavy (non-hydrogen) atoms. The smallest absolute Gasteiger partial charge is 0.119 e. The first-order chi connectivity index (χ1) is 9.22. The number of hydrogen-bond acceptors (Lipinski definition) is 1. The molecule has 0 amide bonds. The molecule has 1 nitrogen and oxygen atoms in total. The number of ether oxygens (including phenoxy) is 1. The van der Waals surface area contributed by atoms with Crippen LogP contribution in [0.1, 0.15) is 18.1 Å². The van der Waals surface area contributed by atoms with Crippen LogP contribution in [0, 0.1) is 13.8 Å². The summed E-state index contributed by atoms with van der Waals surface area (Å²) in [7, 11) is 0. The van der Waals surface area contributed by atoms with Crippen molar-refractivity contribution in [1.29, 1.82) is 0 Å². The van der Waals surface area contributed by atoms with Crippen LogP contribution in [0.4, 0.5) is 0 Å². The van der Waals surface area contributed by atoms with E-state index in [0.717, 1.165) is 5.75 Å². The summed E-state index contributed by atoms with van der Waals surface area (Å²) >= 11 is 0. The van der Waals surface area contributed by atoms with Crippen LogP contribution in [0.15, 0.2) is 42.5 Å². The highest BCUT2D eigenvalue weighted by atomic mass is 16.5. The van der Waals surface area contributed by atoms with E-state index in [2.05, 4.69) is 56.3 Å². The third-order valence-corrected chi connectivity index (χ3v) is 3.85. The van der Waals surface area contributed by atoms with E-state index >= 15 is 0 Å². The van der Waals surface area contributed by atoms with Crippen molar-refractivity contribution in [3.05, 3.63) is 53.6 Å². The maximum Gasteiger partial charge on any atom is 0.119 e. The second-order valence-corrected chi connectivity index (χ2v) is 4.94. The molecule has 0 fully saturated rings. The molecule has 1 heteroatoms. The molecular weight excluding hydrogens is 232 g/mol. The fourth-order valence-electron chi connectivity index (χ4n) is 2.84. The normalized spacial score (nSPS) is 11.1. The average molecular weight is 250 g/mol. The monoisotopic (exact) mass is 250 g/mol. The van der Waals surface area contributed by atoms with E-state index in [1.165, 1.54) is 32.7 Å². The average Bonchev–Trinajstić information content (AvgIpc) is 2.45. The van der Waals surface area contributed by atoms with E-state index in [1.54, 1.807) is 0 Å². The minimum absolute atomic E-state index is 0.705. The molecule has 3 aromatic rings. The zero-order valence-corrected chi connectivity index (χ0v) is 11.7. The van der Waals surface area contributed by atoms with Crippen molar-refractivity contribution >= 4 is 21.5 Å². The molecule has 0 bridgehead atoms. The van der Waals surface area contributed by atoms with Crippen LogP contribution in [0.2, 0.25) is 0 Å². The standard InChI is InChI=1S/C18H18O/c1-4-19-14-9-10-17-12(2)15-7-5-6-8-16(15)13(3)18(17)11-14/h5-11H,4H2,1-3H3. The second-order valence-electron chi connectivity index (χ2n) is 4.94. The fourth-order valence-corrected chi connectivity index (χ4v) is 2.84. The molecule has 96 valence electrons. The lowest BCUT2D eigenvalue weighted by Gasteiger charge is -2.13. The summed E-state index contributed by atoms with van der Waals surface area (Å²) in [5, 5.41) is 5.29. The molecule has 0 heterocycles. The van der Waals surface area contributed by atoms with E-state index in [0.29, 0.717) is 6.61 Å². The first-order valence-electron chi connectivity index (χ1n) is 6.77. The van der Waals surface area contributed by atoms with Crippen LogP contribution in [0.25, 0.3) is 21.5 Å². The Kier molecular flexibility index (Phi) is 2.90. The SMILES string of the molecule is CCOc1ccc2c(C)c3ccccc3c(C)c2c1. The zero-order valence-electron chi connectivity index (χ0n) is 11.7. The third kappa shape index (κ3) is 1.86. The highest BCUT2D eigenvalue weighted by Gasteiger charge is 2.08. The summed E-state index contributed by atoms with van der Waals surface area (Å²) in [6.07, 6.45) is 0. The van der Waals surface area contributed by atoms with Gasteiger partial charge in [0.25, 0.3) is 0 Å². The van der Waals surface area contributed by atoms with Crippen molar-refractivity contribution in [3.63, 3.8) is 0 Å². The van der Waals surface area contributed by atoms with Crippen LogP contribution < -0.4 is 4.74 Å². The minimum Gasteiger partial charge on any atom is -0.494 e. The Labute approximate surface area is 113 Å². The molecular formula is C18H18O. The first kappa shape index (κ1) is 12.0. The molecule has 0 radical (unpaired) electrons. The van der Waals surface area contributed by atoms with Crippen molar-refractivity contribution in [1.82, 2.24) is 0 Å². The van der Waals surface area contributed by atoms with Gasteiger partial charge in [0.15, 0.2) is 0 Å². The van der Waals surface area contributed by atoms with Crippen LogP contribution in [-0.2, 0) is 0 Å². The Balaban J connectivity index is 2.42. The number of aryl methyl sites for hydroxylation is 2. The van der Waals surface area contributed by atoms with E-state index in [1.807, 2.05) is 6.92 Å². The third-order valence-electron chi connectivity index (χ3n) is 3.85. The molecule has 0 atom stereocenters. The van der Waals surface area contributed by atoms with Gasteiger partial charge in [0.05, 0.1) is 6.61 Å². The topological polar surface area (TPSA) is 9.23 Å². The van der Waals surface area contributed by atoms with Crippen molar-refractivity contribution in [2.75, 3.05) is 6.61 Å². The van der Waals surface area contributed by atoms with Gasteiger partial charge in [-0.05, 0) is 65.6 Å². The summed E-state index contributed by atoms with van der Waals surface area (Å²) in [6, 6.07) is 15.0. The van der Waals surface area contributed by atoms with Gasteiger partial charge in [-0.25, -0.2) is 0 Å². The van der Waals surface area contributed by atoms with E-state index in [9.17, 15) is 0 Å². The molecule has 3 rings (SSSR count). The molecule has 0 N–H and O–H groups in total. The number of hydrogen-bond donors (Lipinski definition) is 0. The zero-order chi connectivity index (χ0) is 13.4. The number of fused-ring (bicyclic) bond motifs is 2. The van der Waals surface area contributed by atoms with Gasteiger partial charge in [-0.3, -0.25) is 0 Å². The van der Waals surface area contributed by atoms with Crippen LogP contribution in [-0.4, -0.2) is 6.61 Å². The number of rotatable bonds is 2. The molecule has 0 aliphatic carbocycles. The number of benzene rings is 3. The van der Waals surface area contributed by atoms with Gasteiger partial charge >= 0.3 is 0 Å². The van der Waals surface area contributed by atoms with E-state index in [4.69, 9.17) is 4.74 Å². The Hall–Kier alpha value is -2.02. The highest BCUT2D eigenvalue weighted by molar-refractivity contribution is 6.05. The molecule has 3 aromatic carbocycles. The van der Waals surface area contributed by atoms with Crippen LogP contribution >= 0.6 is 0 Å². The second kappa shape index (κ2) is 4.58. The first-order valence-corrected chi connectivity index (χ1v) is 6.77. The van der Waals surface area contributed by atoms with Crippen LogP contribution in [0.5, 0.6) is 5.75 Å². The van der Waals surface area contributed by atoms with Gasteiger partial charge in [0.2, 0.25) is 0 Å². The predicted molar refractivity (Wildman–Crippen MR) is 82.1 cm³/mol. The van der Waals surface area contributed by atoms with Crippen molar-refractivity contribution in [3.8, 4) is 5.75 Å². The molecule has 0 aliphatic heterocycles. The lowest BCUT2D eigenvalue weighted by Crippen LogP contribution is -1.93. The molecule has 0 saturated carbocycles. The van der Waals surface area contributed by atoms with E-state index < -0.39 is 0 Å². The summed E-state index contributed by atoms with van der Waals surface area (Å²) in [6.45, 7) is 7.12. The highest BCUT2D eigenvalue weighted by Crippen LogP contribution is 2.33. The molecule has 0 unspecified atom stereocenters. The molecule has 0 saturated heterocycles. The summed E-state index contributed by atoms with van der Waals surface area (Å²) in [5.74, 6) is 0.952. The Morgan fingerprint density at radius 2 is 1.37 bits per heavy atom. The minimum atomic E-state index is 0.705. The van der Waals surface area contributed by atoms with Gasteiger partial charge in [-0.2, -0.15) is 0 Å². The van der Waals surface area contributed by atoms with Crippen LogP contribution in [0.3, 0.4) is 0 Å². The summed E-state index contributed by atoms with van der Waals surface area (Å²) < 4.78 is 5.62. The maximum absolute atomic E-state index is 5.62. The Bertz CT molecular complexity index is 756. The van der Waals surface area contributed by atoms with Gasteiger partial charge in [-0.15, -0.1) is 0 Å². The predicted octanol–water partition coefficient (Wildman–Crippen LogP) is 5.01. The molecule has 0 aliphatic rings. The van der Waals surface area contributed by atoms with Gasteiger partial charge in [-0.1, -0.05) is 30.3 Å². The lowest BCUT2D eigenvalue weighted by atomic mass is 9.93. The van der Waals surface area contributed by atoms with Crippen molar-refractivity contribution in [2.45, 2.75) is 20.8 Å². The summed E-state index contributed by atoms with van der Waals surface area (Å²) in [4.78, 5) is 0. The Morgan fingerprint density at radius 3 is 2.00 bits per heavy atom. The quantitative estimate of drug-likeness (QED) is 0.581. The van der Waals surface area contributed by atoms with Gasteiger partial charge in [0, 0.05) is 0 Å². The lowest BCUT2D eigenvalue weighted by molar-refractivity contribution is 0.340.